The molecule has 6 heterocycles. The Bertz CT molecular complexity index is 2250. The van der Waals surface area contributed by atoms with E-state index in [4.69, 9.17) is 4.98 Å². The van der Waals surface area contributed by atoms with Crippen LogP contribution >= 0.6 is 0 Å². The molecule has 6 aliphatic rings. The number of piperazine rings is 1. The number of rotatable bonds is 7. The van der Waals surface area contributed by atoms with E-state index in [2.05, 4.69) is 25.2 Å². The molecule has 3 aliphatic carbocycles. The van der Waals surface area contributed by atoms with Gasteiger partial charge in [0.05, 0.1) is 29.2 Å². The molecule has 3 saturated carbocycles. The lowest BCUT2D eigenvalue weighted by atomic mass is 9.81. The molecule has 2 amide bonds. The van der Waals surface area contributed by atoms with E-state index >= 15 is 0 Å². The van der Waals surface area contributed by atoms with Crippen LogP contribution in [0.5, 0.6) is 5.75 Å². The van der Waals surface area contributed by atoms with E-state index in [1.165, 1.54) is 6.33 Å². The Hall–Kier alpha value is -5.35. The second-order valence-electron chi connectivity index (χ2n) is 14.2. The first-order valence-corrected chi connectivity index (χ1v) is 17.3. The molecular weight excluding hydrogens is 686 g/mol. The minimum atomic E-state index is -4.76. The van der Waals surface area contributed by atoms with Crippen molar-refractivity contribution in [3.8, 4) is 5.75 Å². The van der Waals surface area contributed by atoms with Crippen LogP contribution in [-0.2, 0) is 23.9 Å². The van der Waals surface area contributed by atoms with Gasteiger partial charge >= 0.3 is 6.18 Å². The molecule has 6 atom stereocenters. The summed E-state index contributed by atoms with van der Waals surface area (Å²) >= 11 is 0. The number of aryl methyl sites for hydroxylation is 1. The summed E-state index contributed by atoms with van der Waals surface area (Å²) < 4.78 is 55.8. The third-order valence-electron chi connectivity index (χ3n) is 11.6. The smallest absolute Gasteiger partial charge is 0.416 e. The summed E-state index contributed by atoms with van der Waals surface area (Å²) in [6.45, 7) is 4.31. The van der Waals surface area contributed by atoms with Crippen LogP contribution in [0.15, 0.2) is 35.5 Å². The minimum Gasteiger partial charge on any atom is -0.504 e. The van der Waals surface area contributed by atoms with Gasteiger partial charge in [-0.2, -0.15) is 13.2 Å². The number of anilines is 3. The SMILES string of the molecule is CCc1c(N2CCN(C(=O)c3ncnc(C)c3O)[C@H]3CC[C@@H]32)c(=O)c2nc(N3CC4C5C3[C@@H]45)cnc2n1CC(=O)Nc1ccc(C(F)(F)F)cc1F. The van der Waals surface area contributed by atoms with E-state index < -0.39 is 41.6 Å². The fourth-order valence-electron chi connectivity index (χ4n) is 8.72. The molecule has 1 aromatic carbocycles. The molecule has 3 unspecified atom stereocenters. The number of halogens is 4. The molecule has 4 aromatic rings. The summed E-state index contributed by atoms with van der Waals surface area (Å²) in [5, 5.41) is 12.9. The molecule has 52 heavy (non-hydrogen) atoms. The number of piperidine rings is 1. The van der Waals surface area contributed by atoms with Crippen molar-refractivity contribution in [2.24, 2.45) is 17.8 Å². The normalized spacial score (nSPS) is 25.5. The molecule has 0 spiro atoms. The van der Waals surface area contributed by atoms with Crippen molar-refractivity contribution >= 4 is 40.2 Å². The summed E-state index contributed by atoms with van der Waals surface area (Å²) in [7, 11) is 0. The van der Waals surface area contributed by atoms with Gasteiger partial charge in [-0.3, -0.25) is 14.4 Å². The predicted molar refractivity (Wildman–Crippen MR) is 178 cm³/mol. The quantitative estimate of drug-likeness (QED) is 0.272. The standard InChI is InChI=1S/C35H33F4N9O4/c1-3-20-29(45-8-9-46(22-7-6-21(22)45)34(52)28-31(50)15(2)41-14-42-28)32(51)27-33(40-11-23(44-27)48-12-17-25-26(17)30(25)48)47(20)13-24(49)43-19-5-4-16(10-18(19)36)35(37,38)39/h4-5,10-11,14,17,21-22,25-26,30,50H,3,6-9,12-13H2,1-2H3,(H,43,49)/t17?,21-,22-,25-,26?,30?/m0/s1. The first kappa shape index (κ1) is 32.6. The number of amides is 2. The van der Waals surface area contributed by atoms with Gasteiger partial charge in [0.1, 0.15) is 30.2 Å². The van der Waals surface area contributed by atoms with Crippen molar-refractivity contribution in [3.05, 3.63) is 69.4 Å². The van der Waals surface area contributed by atoms with Crippen molar-refractivity contribution in [1.82, 2.24) is 29.4 Å². The number of aromatic nitrogens is 5. The summed E-state index contributed by atoms with van der Waals surface area (Å²) in [5.74, 6) is -0.125. The predicted octanol–water partition coefficient (Wildman–Crippen LogP) is 3.51. The van der Waals surface area contributed by atoms with Crippen LogP contribution in [0.25, 0.3) is 11.2 Å². The van der Waals surface area contributed by atoms with E-state index in [0.717, 1.165) is 12.6 Å². The molecule has 3 aromatic heterocycles. The van der Waals surface area contributed by atoms with Crippen LogP contribution in [0.4, 0.5) is 34.8 Å². The lowest BCUT2D eigenvalue weighted by Crippen LogP contribution is -2.67. The van der Waals surface area contributed by atoms with Crippen molar-refractivity contribution in [2.45, 2.75) is 64.0 Å². The minimum absolute atomic E-state index is 0.0630. The highest BCUT2D eigenvalue weighted by Gasteiger charge is 2.80. The van der Waals surface area contributed by atoms with Gasteiger partial charge in [0.15, 0.2) is 22.6 Å². The highest BCUT2D eigenvalue weighted by Crippen LogP contribution is 2.75. The van der Waals surface area contributed by atoms with E-state index in [0.29, 0.717) is 66.0 Å². The van der Waals surface area contributed by atoms with E-state index in [-0.39, 0.29) is 65.3 Å². The Kier molecular flexibility index (Phi) is 7.09. The summed E-state index contributed by atoms with van der Waals surface area (Å²) in [5.41, 5.74) is -0.751. The third kappa shape index (κ3) is 4.83. The molecule has 270 valence electrons. The molecule has 2 bridgehead atoms. The van der Waals surface area contributed by atoms with Gasteiger partial charge in [0.2, 0.25) is 11.3 Å². The largest absolute Gasteiger partial charge is 0.504 e. The molecule has 17 heteroatoms. The lowest BCUT2D eigenvalue weighted by molar-refractivity contribution is -0.137. The zero-order valence-corrected chi connectivity index (χ0v) is 28.1. The Morgan fingerprint density at radius 1 is 1.06 bits per heavy atom. The topological polar surface area (TPSA) is 150 Å². The Labute approximate surface area is 293 Å². The fraction of sp³-hybridized carbons (Fsp3) is 0.457. The summed E-state index contributed by atoms with van der Waals surface area (Å²) in [6, 6.07) is 1.73. The summed E-state index contributed by atoms with van der Waals surface area (Å²) in [6.07, 6.45) is -0.313. The van der Waals surface area contributed by atoms with Gasteiger partial charge in [0, 0.05) is 37.4 Å². The number of aromatic hydroxyl groups is 1. The Morgan fingerprint density at radius 3 is 2.48 bits per heavy atom. The number of pyridine rings is 1. The van der Waals surface area contributed by atoms with Crippen LogP contribution in [0.3, 0.4) is 0 Å². The van der Waals surface area contributed by atoms with E-state index in [1.54, 1.807) is 22.6 Å². The Morgan fingerprint density at radius 2 is 1.83 bits per heavy atom. The molecule has 6 fully saturated rings. The molecule has 10 rings (SSSR count). The molecular formula is C35H33F4N9O4. The highest BCUT2D eigenvalue weighted by molar-refractivity contribution is 5.96. The molecule has 3 saturated heterocycles. The van der Waals surface area contributed by atoms with Crippen molar-refractivity contribution in [2.75, 3.05) is 34.8 Å². The van der Waals surface area contributed by atoms with Gasteiger partial charge in [-0.25, -0.2) is 24.3 Å². The van der Waals surface area contributed by atoms with Crippen LogP contribution in [0, 0.1) is 30.5 Å². The number of hydrogen-bond donors (Lipinski definition) is 2. The molecule has 3 aliphatic heterocycles. The van der Waals surface area contributed by atoms with Crippen molar-refractivity contribution < 1.29 is 32.3 Å². The first-order chi connectivity index (χ1) is 24.9. The van der Waals surface area contributed by atoms with Crippen molar-refractivity contribution in [1.29, 1.82) is 0 Å². The maximum absolute atomic E-state index is 14.7. The number of nitrogens with one attached hydrogen (secondary N) is 1. The van der Waals surface area contributed by atoms with Crippen LogP contribution in [0.1, 0.15) is 47.2 Å². The average Bonchev–Trinajstić information content (AvgIpc) is 3.91. The second-order valence-corrected chi connectivity index (χ2v) is 14.2. The zero-order chi connectivity index (χ0) is 36.4. The number of fused-ring (bicyclic) bond motifs is 3. The van der Waals surface area contributed by atoms with Gasteiger partial charge in [0.25, 0.3) is 5.91 Å². The first-order valence-electron chi connectivity index (χ1n) is 17.3. The average molecular weight is 720 g/mol. The van der Waals surface area contributed by atoms with E-state index in [9.17, 15) is 37.1 Å². The van der Waals surface area contributed by atoms with Crippen LogP contribution in [0.2, 0.25) is 0 Å². The van der Waals surface area contributed by atoms with Crippen LogP contribution in [-0.4, -0.2) is 84.1 Å². The third-order valence-corrected chi connectivity index (χ3v) is 11.6. The number of hydrogen-bond acceptors (Lipinski definition) is 10. The van der Waals surface area contributed by atoms with Gasteiger partial charge in [-0.05, 0) is 62.1 Å². The zero-order valence-electron chi connectivity index (χ0n) is 28.1. The summed E-state index contributed by atoms with van der Waals surface area (Å²) in [4.78, 5) is 65.1. The number of carbonyl (C=O) groups excluding carboxylic acids is 2. The van der Waals surface area contributed by atoms with Crippen LogP contribution < -0.4 is 20.5 Å². The number of alkyl halides is 3. The molecule has 0 radical (unpaired) electrons. The lowest BCUT2D eigenvalue weighted by Gasteiger charge is -2.54. The van der Waals surface area contributed by atoms with Gasteiger partial charge in [-0.15, -0.1) is 0 Å². The van der Waals surface area contributed by atoms with Crippen molar-refractivity contribution in [3.63, 3.8) is 0 Å². The maximum atomic E-state index is 14.7. The number of benzene rings is 1. The number of nitrogens with zero attached hydrogens (tertiary/aromatic N) is 8. The number of carbonyl (C=O) groups is 2. The molecule has 13 nitrogen and oxygen atoms in total. The van der Waals surface area contributed by atoms with E-state index in [1.807, 2.05) is 11.8 Å². The fourth-order valence-corrected chi connectivity index (χ4v) is 8.72. The highest BCUT2D eigenvalue weighted by atomic mass is 19.4. The van der Waals surface area contributed by atoms with Gasteiger partial charge < -0.3 is 29.7 Å². The van der Waals surface area contributed by atoms with Gasteiger partial charge in [-0.1, -0.05) is 6.92 Å². The monoisotopic (exact) mass is 719 g/mol. The molecule has 2 N–H and O–H groups in total. The Balaban J connectivity index is 1.08. The maximum Gasteiger partial charge on any atom is 0.416 e. The second kappa shape index (κ2) is 11.3.